The van der Waals surface area contributed by atoms with E-state index in [0.717, 1.165) is 29.7 Å². The van der Waals surface area contributed by atoms with Gasteiger partial charge in [-0.3, -0.25) is 19.7 Å². The lowest BCUT2D eigenvalue weighted by atomic mass is 10.0. The normalized spacial score (nSPS) is 16.0. The number of rotatable bonds is 8. The zero-order valence-electron chi connectivity index (χ0n) is 14.9. The molecule has 1 aliphatic heterocycles. The van der Waals surface area contributed by atoms with Crippen LogP contribution in [0, 0.1) is 0 Å². The summed E-state index contributed by atoms with van der Waals surface area (Å²) >= 11 is 0. The minimum absolute atomic E-state index is 0.0720. The maximum atomic E-state index is 12.1. The minimum Gasteiger partial charge on any atom is -0.456 e. The molecule has 1 fully saturated rings. The molecule has 2 rings (SSSR count). The van der Waals surface area contributed by atoms with Gasteiger partial charge in [0.1, 0.15) is 6.04 Å². The number of hydrogen-bond donors (Lipinski definition) is 3. The molecule has 1 atom stereocenters. The van der Waals surface area contributed by atoms with Crippen molar-refractivity contribution in [3.8, 4) is 0 Å². The molecule has 1 aromatic rings. The van der Waals surface area contributed by atoms with Crippen molar-refractivity contribution in [2.75, 3.05) is 11.9 Å². The van der Waals surface area contributed by atoms with Crippen LogP contribution in [0.15, 0.2) is 18.2 Å². The first-order chi connectivity index (χ1) is 12.4. The highest BCUT2D eigenvalue weighted by atomic mass is 16.5. The Morgan fingerprint density at radius 2 is 1.81 bits per heavy atom. The molecule has 0 aromatic heterocycles. The van der Waals surface area contributed by atoms with Crippen molar-refractivity contribution >= 4 is 29.5 Å². The fraction of sp³-hybridized carbons (Fsp3) is 0.444. The number of hydrogen-bond acceptors (Lipinski definition) is 5. The quantitative estimate of drug-likeness (QED) is 0.477. The number of carbonyl (C=O) groups excluding carboxylic acids is 4. The molecule has 0 aliphatic carbocycles. The average molecular weight is 361 g/mol. The van der Waals surface area contributed by atoms with E-state index in [4.69, 9.17) is 4.74 Å². The predicted molar refractivity (Wildman–Crippen MR) is 94.5 cm³/mol. The van der Waals surface area contributed by atoms with Crippen LogP contribution in [0.2, 0.25) is 0 Å². The van der Waals surface area contributed by atoms with Crippen molar-refractivity contribution in [1.82, 2.24) is 10.6 Å². The number of carbonyl (C=O) groups is 4. The number of benzene rings is 1. The average Bonchev–Trinajstić information content (AvgIpc) is 2.95. The standard InChI is InChI=1S/C18H23N3O5/c1-3-11-6-5-7-12(4-2)16(11)20-14(22)10-26-15(23)9-8-13-17(24)21-18(25)19-13/h5-7,13H,3-4,8-10H2,1-2H3,(H,20,22)(H2,19,21,24,25)/t13-/m1/s1. The van der Waals surface area contributed by atoms with E-state index in [-0.39, 0.29) is 12.8 Å². The number of nitrogens with one attached hydrogen (secondary N) is 3. The Balaban J connectivity index is 1.81. The smallest absolute Gasteiger partial charge is 0.322 e. The highest BCUT2D eigenvalue weighted by molar-refractivity contribution is 6.04. The monoisotopic (exact) mass is 361 g/mol. The molecule has 1 heterocycles. The first-order valence-electron chi connectivity index (χ1n) is 8.62. The Bertz CT molecular complexity index is 695. The molecule has 0 unspecified atom stereocenters. The third-order valence-corrected chi connectivity index (χ3v) is 4.12. The van der Waals surface area contributed by atoms with Crippen LogP contribution in [0.25, 0.3) is 0 Å². The van der Waals surface area contributed by atoms with Crippen LogP contribution in [0.1, 0.15) is 37.8 Å². The van der Waals surface area contributed by atoms with Crippen molar-refractivity contribution in [3.05, 3.63) is 29.3 Å². The topological polar surface area (TPSA) is 114 Å². The molecule has 1 aromatic carbocycles. The van der Waals surface area contributed by atoms with Crippen molar-refractivity contribution in [1.29, 1.82) is 0 Å². The van der Waals surface area contributed by atoms with Crippen LogP contribution in [-0.2, 0) is 32.0 Å². The second-order valence-electron chi connectivity index (χ2n) is 5.92. The Hall–Kier alpha value is -2.90. The number of para-hydroxylation sites is 1. The number of anilines is 1. The summed E-state index contributed by atoms with van der Waals surface area (Å²) in [7, 11) is 0. The van der Waals surface area contributed by atoms with Crippen molar-refractivity contribution in [3.63, 3.8) is 0 Å². The molecule has 1 saturated heterocycles. The van der Waals surface area contributed by atoms with Crippen LogP contribution in [0.3, 0.4) is 0 Å². The van der Waals surface area contributed by atoms with Gasteiger partial charge in [0.2, 0.25) is 0 Å². The zero-order valence-corrected chi connectivity index (χ0v) is 14.9. The van der Waals surface area contributed by atoms with E-state index < -0.39 is 36.5 Å². The number of ether oxygens (including phenoxy) is 1. The van der Waals surface area contributed by atoms with E-state index >= 15 is 0 Å². The van der Waals surface area contributed by atoms with E-state index in [1.54, 1.807) is 0 Å². The predicted octanol–water partition coefficient (Wildman–Crippen LogP) is 1.28. The number of amides is 4. The summed E-state index contributed by atoms with van der Waals surface area (Å²) in [5, 5.41) is 7.29. The first-order valence-corrected chi connectivity index (χ1v) is 8.62. The SMILES string of the molecule is CCc1cccc(CC)c1NC(=O)COC(=O)CC[C@H]1NC(=O)NC1=O. The highest BCUT2D eigenvalue weighted by Gasteiger charge is 2.29. The molecule has 8 nitrogen and oxygen atoms in total. The molecule has 8 heteroatoms. The summed E-state index contributed by atoms with van der Waals surface area (Å²) in [5.74, 6) is -1.49. The number of imide groups is 1. The molecule has 1 aliphatic rings. The highest BCUT2D eigenvalue weighted by Crippen LogP contribution is 2.22. The second-order valence-corrected chi connectivity index (χ2v) is 5.92. The molecule has 0 radical (unpaired) electrons. The molecule has 0 bridgehead atoms. The van der Waals surface area contributed by atoms with E-state index in [0.29, 0.717) is 0 Å². The molecule has 0 saturated carbocycles. The Kier molecular flexibility index (Phi) is 6.71. The summed E-state index contributed by atoms with van der Waals surface area (Å²) < 4.78 is 4.95. The first kappa shape index (κ1) is 19.4. The third kappa shape index (κ3) is 5.05. The van der Waals surface area contributed by atoms with Gasteiger partial charge in [0, 0.05) is 12.1 Å². The van der Waals surface area contributed by atoms with E-state index in [1.807, 2.05) is 32.0 Å². The van der Waals surface area contributed by atoms with Gasteiger partial charge in [0.15, 0.2) is 6.61 Å². The fourth-order valence-corrected chi connectivity index (χ4v) is 2.72. The molecular weight excluding hydrogens is 338 g/mol. The van der Waals surface area contributed by atoms with Crippen molar-refractivity contribution < 1.29 is 23.9 Å². The molecule has 140 valence electrons. The van der Waals surface area contributed by atoms with E-state index in [2.05, 4.69) is 16.0 Å². The maximum Gasteiger partial charge on any atom is 0.322 e. The van der Waals surface area contributed by atoms with E-state index in [9.17, 15) is 19.2 Å². The zero-order chi connectivity index (χ0) is 19.1. The van der Waals surface area contributed by atoms with Crippen molar-refractivity contribution in [2.45, 2.75) is 45.6 Å². The number of aryl methyl sites for hydroxylation is 2. The minimum atomic E-state index is -0.743. The lowest BCUT2D eigenvalue weighted by Gasteiger charge is -2.14. The largest absolute Gasteiger partial charge is 0.456 e. The molecule has 3 N–H and O–H groups in total. The summed E-state index contributed by atoms with van der Waals surface area (Å²) in [6, 6.07) is 4.52. The summed E-state index contributed by atoms with van der Waals surface area (Å²) in [5.41, 5.74) is 2.81. The van der Waals surface area contributed by atoms with Gasteiger partial charge in [-0.15, -0.1) is 0 Å². The molecule has 0 spiro atoms. The van der Waals surface area contributed by atoms with Gasteiger partial charge in [0.25, 0.3) is 11.8 Å². The molecule has 4 amide bonds. The molecular formula is C18H23N3O5. The fourth-order valence-electron chi connectivity index (χ4n) is 2.72. The van der Waals surface area contributed by atoms with Crippen LogP contribution >= 0.6 is 0 Å². The lowest BCUT2D eigenvalue weighted by Crippen LogP contribution is -2.30. The number of urea groups is 1. The van der Waals surface area contributed by atoms with E-state index in [1.165, 1.54) is 0 Å². The lowest BCUT2D eigenvalue weighted by molar-refractivity contribution is -0.147. The summed E-state index contributed by atoms with van der Waals surface area (Å²) in [4.78, 5) is 46.2. The summed E-state index contributed by atoms with van der Waals surface area (Å²) in [6.07, 6.45) is 1.60. The Morgan fingerprint density at radius 1 is 1.15 bits per heavy atom. The van der Waals surface area contributed by atoms with Gasteiger partial charge in [-0.1, -0.05) is 32.0 Å². The Labute approximate surface area is 151 Å². The van der Waals surface area contributed by atoms with Gasteiger partial charge in [-0.25, -0.2) is 4.79 Å². The van der Waals surface area contributed by atoms with Crippen molar-refractivity contribution in [2.24, 2.45) is 0 Å². The van der Waals surface area contributed by atoms with Gasteiger partial charge < -0.3 is 15.4 Å². The van der Waals surface area contributed by atoms with Crippen LogP contribution < -0.4 is 16.0 Å². The third-order valence-electron chi connectivity index (χ3n) is 4.12. The van der Waals surface area contributed by atoms with Gasteiger partial charge in [0.05, 0.1) is 0 Å². The van der Waals surface area contributed by atoms with Crippen LogP contribution in [-0.4, -0.2) is 36.5 Å². The van der Waals surface area contributed by atoms with Crippen LogP contribution in [0.4, 0.5) is 10.5 Å². The van der Waals surface area contributed by atoms with Gasteiger partial charge in [-0.2, -0.15) is 0 Å². The number of esters is 1. The summed E-state index contributed by atoms with van der Waals surface area (Å²) in [6.45, 7) is 3.61. The van der Waals surface area contributed by atoms with Crippen LogP contribution in [0.5, 0.6) is 0 Å². The van der Waals surface area contributed by atoms with Gasteiger partial charge >= 0.3 is 12.0 Å². The Morgan fingerprint density at radius 3 is 2.35 bits per heavy atom. The van der Waals surface area contributed by atoms with Gasteiger partial charge in [-0.05, 0) is 30.4 Å². The molecule has 26 heavy (non-hydrogen) atoms. The second kappa shape index (κ2) is 8.98. The maximum absolute atomic E-state index is 12.1.